The molecule has 1 amide bonds. The van der Waals surface area contributed by atoms with Gasteiger partial charge in [0, 0.05) is 25.1 Å². The highest BCUT2D eigenvalue weighted by Crippen LogP contribution is 2.12. The van der Waals surface area contributed by atoms with Crippen LogP contribution < -0.4 is 22.6 Å². The Morgan fingerprint density at radius 2 is 2.00 bits per heavy atom. The first-order valence-electron chi connectivity index (χ1n) is 9.22. The van der Waals surface area contributed by atoms with Crippen molar-refractivity contribution in [3.63, 3.8) is 0 Å². The van der Waals surface area contributed by atoms with E-state index in [1.807, 2.05) is 24.3 Å². The van der Waals surface area contributed by atoms with Crippen LogP contribution >= 0.6 is 0 Å². The third-order valence-corrected chi connectivity index (χ3v) is 4.33. The maximum atomic E-state index is 11.9. The second kappa shape index (κ2) is 13.0. The first-order chi connectivity index (χ1) is 11.8. The molecule has 142 valence electrons. The average molecular weight is 371 g/mol. The van der Waals surface area contributed by atoms with Gasteiger partial charge in [-0.25, -0.2) is 4.79 Å². The van der Waals surface area contributed by atoms with Gasteiger partial charge in [-0.3, -0.25) is 5.32 Å². The van der Waals surface area contributed by atoms with Crippen molar-refractivity contribution in [1.82, 2.24) is 0 Å². The van der Waals surface area contributed by atoms with Crippen molar-refractivity contribution in [2.24, 2.45) is 0 Å². The lowest BCUT2D eigenvalue weighted by Gasteiger charge is -2.12. The van der Waals surface area contributed by atoms with Gasteiger partial charge in [-0.1, -0.05) is 31.9 Å². The van der Waals surface area contributed by atoms with E-state index in [0.29, 0.717) is 13.2 Å². The minimum atomic E-state index is -0.380. The molecule has 2 N–H and O–H groups in total. The van der Waals surface area contributed by atoms with Gasteiger partial charge in [-0.15, -0.1) is 0 Å². The second-order valence-corrected chi connectivity index (χ2v) is 6.43. The van der Waals surface area contributed by atoms with E-state index < -0.39 is 0 Å². The molecule has 0 spiro atoms. The highest BCUT2D eigenvalue weighted by Gasteiger charge is 2.15. The molecule has 0 unspecified atom stereocenters. The number of nitrogens with one attached hydrogen (secondary N) is 2. The SMILES string of the molecule is CCCCCOCc1cccc(NC(=O)OCC[NH+]2CCCC2)c1.[Cl-]. The molecule has 6 heteroatoms. The summed E-state index contributed by atoms with van der Waals surface area (Å²) in [5.74, 6) is 0. The molecular formula is C19H31ClN2O3. The average Bonchev–Trinajstić information content (AvgIpc) is 3.08. The maximum absolute atomic E-state index is 11.9. The molecule has 5 nitrogen and oxygen atoms in total. The molecule has 1 aliphatic heterocycles. The molecular weight excluding hydrogens is 340 g/mol. The van der Waals surface area contributed by atoms with Crippen LogP contribution in [0, 0.1) is 0 Å². The van der Waals surface area contributed by atoms with Crippen molar-refractivity contribution in [3.05, 3.63) is 29.8 Å². The molecule has 0 atom stereocenters. The minimum Gasteiger partial charge on any atom is -1.00 e. The smallest absolute Gasteiger partial charge is 0.411 e. The van der Waals surface area contributed by atoms with Crippen molar-refractivity contribution >= 4 is 11.8 Å². The van der Waals surface area contributed by atoms with Gasteiger partial charge in [0.05, 0.1) is 19.7 Å². The summed E-state index contributed by atoms with van der Waals surface area (Å²) in [7, 11) is 0. The normalized spacial score (nSPS) is 14.1. The number of carbonyl (C=O) groups excluding carboxylic acids is 1. The summed E-state index contributed by atoms with van der Waals surface area (Å²) in [6.07, 6.45) is 5.69. The quantitative estimate of drug-likeness (QED) is 0.552. The Balaban J connectivity index is 0.00000312. The summed E-state index contributed by atoms with van der Waals surface area (Å²) in [4.78, 5) is 13.4. The zero-order valence-corrected chi connectivity index (χ0v) is 15.9. The van der Waals surface area contributed by atoms with Crippen molar-refractivity contribution in [2.45, 2.75) is 45.6 Å². The van der Waals surface area contributed by atoms with Crippen LogP contribution in [0.25, 0.3) is 0 Å². The molecule has 0 radical (unpaired) electrons. The topological polar surface area (TPSA) is 52.0 Å². The molecule has 1 aliphatic rings. The standard InChI is InChI=1S/C19H30N2O3.ClH/c1-2-3-6-13-23-16-17-8-7-9-18(15-17)20-19(22)24-14-12-21-10-4-5-11-21;/h7-9,15H,2-6,10-14,16H2,1H3,(H,20,22);1H. The number of anilines is 1. The van der Waals surface area contributed by atoms with E-state index in [2.05, 4.69) is 12.2 Å². The summed E-state index contributed by atoms with van der Waals surface area (Å²) in [6.45, 7) is 7.32. The summed E-state index contributed by atoms with van der Waals surface area (Å²) in [6, 6.07) is 7.74. The van der Waals surface area contributed by atoms with E-state index in [4.69, 9.17) is 9.47 Å². The number of benzene rings is 1. The van der Waals surface area contributed by atoms with E-state index in [-0.39, 0.29) is 18.5 Å². The number of quaternary nitrogens is 1. The first-order valence-corrected chi connectivity index (χ1v) is 9.22. The highest BCUT2D eigenvalue weighted by molar-refractivity contribution is 5.84. The highest BCUT2D eigenvalue weighted by atomic mass is 35.5. The van der Waals surface area contributed by atoms with Gasteiger partial charge in [0.25, 0.3) is 0 Å². The van der Waals surface area contributed by atoms with Crippen LogP contribution in [0.3, 0.4) is 0 Å². The fourth-order valence-corrected chi connectivity index (χ4v) is 2.95. The Morgan fingerprint density at radius 1 is 1.20 bits per heavy atom. The van der Waals surface area contributed by atoms with E-state index >= 15 is 0 Å². The largest absolute Gasteiger partial charge is 1.00 e. The Hall–Kier alpha value is -1.30. The summed E-state index contributed by atoms with van der Waals surface area (Å²) in [5, 5.41) is 2.79. The molecule has 1 heterocycles. The number of amides is 1. The molecule has 0 saturated carbocycles. The Morgan fingerprint density at radius 3 is 2.76 bits per heavy atom. The van der Waals surface area contributed by atoms with Crippen LogP contribution in [0.1, 0.15) is 44.6 Å². The lowest BCUT2D eigenvalue weighted by Crippen LogP contribution is -3.10. The second-order valence-electron chi connectivity index (χ2n) is 6.43. The molecule has 1 aromatic rings. The van der Waals surface area contributed by atoms with Crippen molar-refractivity contribution in [3.8, 4) is 0 Å². The van der Waals surface area contributed by atoms with Crippen LogP contribution in [0.5, 0.6) is 0 Å². The number of likely N-dealkylation sites (tertiary alicyclic amines) is 1. The predicted molar refractivity (Wildman–Crippen MR) is 95.4 cm³/mol. The van der Waals surface area contributed by atoms with Crippen LogP contribution in [-0.2, 0) is 16.1 Å². The molecule has 0 aromatic heterocycles. The van der Waals surface area contributed by atoms with Gasteiger partial charge in [0.1, 0.15) is 13.2 Å². The van der Waals surface area contributed by atoms with Gasteiger partial charge < -0.3 is 26.8 Å². The fourth-order valence-electron chi connectivity index (χ4n) is 2.95. The number of rotatable bonds is 10. The predicted octanol–water partition coefficient (Wildman–Crippen LogP) is -0.375. The van der Waals surface area contributed by atoms with E-state index in [1.54, 1.807) is 0 Å². The van der Waals surface area contributed by atoms with Crippen LogP contribution in [0.2, 0.25) is 0 Å². The van der Waals surface area contributed by atoms with Crippen molar-refractivity contribution < 1.29 is 31.6 Å². The first kappa shape index (κ1) is 21.7. The van der Waals surface area contributed by atoms with Crippen molar-refractivity contribution in [1.29, 1.82) is 0 Å². The molecule has 1 aromatic carbocycles. The summed E-state index contributed by atoms with van der Waals surface area (Å²) in [5.41, 5.74) is 1.81. The number of unbranched alkanes of at least 4 members (excludes halogenated alkanes) is 2. The Kier molecular flexibility index (Phi) is 11.3. The Labute approximate surface area is 157 Å². The number of halogens is 1. The third-order valence-electron chi connectivity index (χ3n) is 4.33. The number of ether oxygens (including phenoxy) is 2. The van der Waals surface area contributed by atoms with E-state index in [0.717, 1.165) is 30.8 Å². The number of hydrogen-bond acceptors (Lipinski definition) is 3. The summed E-state index contributed by atoms with van der Waals surface area (Å²) < 4.78 is 10.9. The molecule has 1 saturated heterocycles. The third kappa shape index (κ3) is 9.10. The molecule has 0 aliphatic carbocycles. The lowest BCUT2D eigenvalue weighted by atomic mass is 10.2. The Bertz CT molecular complexity index is 493. The number of carbonyl (C=O) groups is 1. The van der Waals surface area contributed by atoms with Gasteiger partial charge in [-0.05, 0) is 24.1 Å². The lowest BCUT2D eigenvalue weighted by molar-refractivity contribution is -0.887. The zero-order chi connectivity index (χ0) is 17.0. The van der Waals surface area contributed by atoms with Gasteiger partial charge in [-0.2, -0.15) is 0 Å². The van der Waals surface area contributed by atoms with Gasteiger partial charge in [0.2, 0.25) is 0 Å². The van der Waals surface area contributed by atoms with Gasteiger partial charge >= 0.3 is 6.09 Å². The molecule has 0 bridgehead atoms. The molecule has 2 rings (SSSR count). The van der Waals surface area contributed by atoms with E-state index in [9.17, 15) is 4.79 Å². The fraction of sp³-hybridized carbons (Fsp3) is 0.632. The molecule has 25 heavy (non-hydrogen) atoms. The zero-order valence-electron chi connectivity index (χ0n) is 15.2. The molecule has 1 fully saturated rings. The number of hydrogen-bond donors (Lipinski definition) is 2. The maximum Gasteiger partial charge on any atom is 0.411 e. The van der Waals surface area contributed by atoms with Gasteiger partial charge in [0.15, 0.2) is 0 Å². The van der Waals surface area contributed by atoms with Crippen LogP contribution in [0.4, 0.5) is 10.5 Å². The van der Waals surface area contributed by atoms with Crippen molar-refractivity contribution in [2.75, 3.05) is 38.2 Å². The van der Waals surface area contributed by atoms with Crippen LogP contribution in [0.15, 0.2) is 24.3 Å². The van der Waals surface area contributed by atoms with E-state index in [1.165, 1.54) is 43.7 Å². The van der Waals surface area contributed by atoms with Crippen LogP contribution in [-0.4, -0.2) is 38.9 Å². The monoisotopic (exact) mass is 370 g/mol. The summed E-state index contributed by atoms with van der Waals surface area (Å²) >= 11 is 0. The minimum absolute atomic E-state index is 0.